The molecule has 0 fully saturated rings. The third-order valence-corrected chi connectivity index (χ3v) is 2.85. The largest absolute Gasteiger partial charge is 0.489 e. The van der Waals surface area contributed by atoms with Crippen LogP contribution >= 0.6 is 0 Å². The Kier molecular flexibility index (Phi) is 4.29. The van der Waals surface area contributed by atoms with E-state index in [1.807, 2.05) is 30.3 Å². The number of halogens is 3. The van der Waals surface area contributed by atoms with Crippen LogP contribution in [0.25, 0.3) is 0 Å². The summed E-state index contributed by atoms with van der Waals surface area (Å²) >= 11 is 0. The molecule has 0 aliphatic heterocycles. The molecule has 0 saturated carbocycles. The van der Waals surface area contributed by atoms with Crippen LogP contribution < -0.4 is 10.5 Å². The molecule has 0 spiro atoms. The van der Waals surface area contributed by atoms with Gasteiger partial charge in [-0.1, -0.05) is 36.4 Å². The summed E-state index contributed by atoms with van der Waals surface area (Å²) in [7, 11) is 0. The van der Waals surface area contributed by atoms with Gasteiger partial charge in [0.2, 0.25) is 0 Å². The Morgan fingerprint density at radius 3 is 2.30 bits per heavy atom. The van der Waals surface area contributed by atoms with Gasteiger partial charge >= 0.3 is 6.18 Å². The molecule has 0 saturated heterocycles. The molecular formula is C15H14F3NO. The molecule has 0 atom stereocenters. The van der Waals surface area contributed by atoms with Crippen LogP contribution in [0.1, 0.15) is 16.7 Å². The maximum atomic E-state index is 12.7. The van der Waals surface area contributed by atoms with Gasteiger partial charge in [-0.05, 0) is 17.7 Å². The second kappa shape index (κ2) is 5.96. The first-order valence-corrected chi connectivity index (χ1v) is 6.07. The van der Waals surface area contributed by atoms with E-state index >= 15 is 0 Å². The molecule has 2 N–H and O–H groups in total. The highest BCUT2D eigenvalue weighted by atomic mass is 19.4. The molecule has 0 bridgehead atoms. The van der Waals surface area contributed by atoms with Crippen molar-refractivity contribution in [1.29, 1.82) is 0 Å². The Labute approximate surface area is 115 Å². The number of rotatable bonds is 4. The second-order valence-electron chi connectivity index (χ2n) is 4.30. The molecule has 0 radical (unpaired) electrons. The van der Waals surface area contributed by atoms with Crippen LogP contribution in [0.15, 0.2) is 48.5 Å². The van der Waals surface area contributed by atoms with E-state index in [2.05, 4.69) is 0 Å². The van der Waals surface area contributed by atoms with Crippen LogP contribution in [0.3, 0.4) is 0 Å². The zero-order valence-corrected chi connectivity index (χ0v) is 10.7. The van der Waals surface area contributed by atoms with Gasteiger partial charge in [0.15, 0.2) is 0 Å². The number of alkyl halides is 3. The average molecular weight is 281 g/mol. The third kappa shape index (κ3) is 3.51. The van der Waals surface area contributed by atoms with E-state index in [1.54, 1.807) is 0 Å². The molecule has 0 unspecified atom stereocenters. The molecule has 0 aliphatic carbocycles. The molecule has 2 rings (SSSR count). The van der Waals surface area contributed by atoms with Crippen molar-refractivity contribution in [3.05, 3.63) is 65.2 Å². The van der Waals surface area contributed by atoms with Gasteiger partial charge in [-0.15, -0.1) is 0 Å². The van der Waals surface area contributed by atoms with Crippen molar-refractivity contribution in [2.45, 2.75) is 19.3 Å². The van der Waals surface area contributed by atoms with Gasteiger partial charge in [-0.25, -0.2) is 0 Å². The number of hydrogen-bond acceptors (Lipinski definition) is 2. The van der Waals surface area contributed by atoms with E-state index in [0.29, 0.717) is 5.56 Å². The van der Waals surface area contributed by atoms with Crippen LogP contribution in [0.2, 0.25) is 0 Å². The van der Waals surface area contributed by atoms with Crippen LogP contribution in [-0.4, -0.2) is 0 Å². The van der Waals surface area contributed by atoms with Crippen LogP contribution in [0, 0.1) is 0 Å². The number of nitrogens with two attached hydrogens (primary N) is 1. The molecular weight excluding hydrogens is 267 g/mol. The van der Waals surface area contributed by atoms with Gasteiger partial charge in [-0.3, -0.25) is 0 Å². The lowest BCUT2D eigenvalue weighted by molar-refractivity contribution is -0.137. The summed E-state index contributed by atoms with van der Waals surface area (Å²) in [5.74, 6) is 0.172. The standard InChI is InChI=1S/C15H14F3NO/c16-15(17,18)13-7-6-12(9-19)14(8-13)20-10-11-4-2-1-3-5-11/h1-8H,9-10,19H2. The second-order valence-corrected chi connectivity index (χ2v) is 4.30. The fourth-order valence-electron chi connectivity index (χ4n) is 1.77. The zero-order valence-electron chi connectivity index (χ0n) is 10.7. The SMILES string of the molecule is NCc1ccc(C(F)(F)F)cc1OCc1ccccc1. The topological polar surface area (TPSA) is 35.2 Å². The van der Waals surface area contributed by atoms with Crippen molar-refractivity contribution >= 4 is 0 Å². The molecule has 2 aromatic rings. The molecule has 0 heterocycles. The Bertz CT molecular complexity index is 567. The van der Waals surface area contributed by atoms with E-state index in [1.165, 1.54) is 6.07 Å². The minimum atomic E-state index is -4.39. The van der Waals surface area contributed by atoms with Gasteiger partial charge < -0.3 is 10.5 Å². The number of hydrogen-bond donors (Lipinski definition) is 1. The van der Waals surface area contributed by atoms with Crippen molar-refractivity contribution in [2.75, 3.05) is 0 Å². The lowest BCUT2D eigenvalue weighted by Crippen LogP contribution is -2.08. The first kappa shape index (κ1) is 14.4. The summed E-state index contributed by atoms with van der Waals surface area (Å²) in [4.78, 5) is 0. The highest BCUT2D eigenvalue weighted by Crippen LogP contribution is 2.33. The smallest absolute Gasteiger partial charge is 0.416 e. The summed E-state index contributed by atoms with van der Waals surface area (Å²) in [5, 5.41) is 0. The first-order valence-electron chi connectivity index (χ1n) is 6.07. The van der Waals surface area contributed by atoms with Crippen LogP contribution in [0.4, 0.5) is 13.2 Å². The monoisotopic (exact) mass is 281 g/mol. The predicted octanol–water partition coefficient (Wildman–Crippen LogP) is 3.74. The van der Waals surface area contributed by atoms with Crippen LogP contribution in [0.5, 0.6) is 5.75 Å². The lowest BCUT2D eigenvalue weighted by atomic mass is 10.1. The van der Waals surface area contributed by atoms with Crippen molar-refractivity contribution in [3.63, 3.8) is 0 Å². The van der Waals surface area contributed by atoms with Gasteiger partial charge in [-0.2, -0.15) is 13.2 Å². The van der Waals surface area contributed by atoms with Crippen molar-refractivity contribution in [3.8, 4) is 5.75 Å². The maximum Gasteiger partial charge on any atom is 0.416 e. The summed E-state index contributed by atoms with van der Waals surface area (Å²) in [6, 6.07) is 12.6. The summed E-state index contributed by atoms with van der Waals surface area (Å²) in [6.07, 6.45) is -4.39. The summed E-state index contributed by atoms with van der Waals surface area (Å²) in [6.45, 7) is 0.331. The fourth-order valence-corrected chi connectivity index (χ4v) is 1.77. The Hall–Kier alpha value is -2.01. The van der Waals surface area contributed by atoms with Gasteiger partial charge in [0.05, 0.1) is 5.56 Å². The van der Waals surface area contributed by atoms with Crippen molar-refractivity contribution in [2.24, 2.45) is 5.73 Å². The van der Waals surface area contributed by atoms with Gasteiger partial charge in [0.1, 0.15) is 12.4 Å². The highest BCUT2D eigenvalue weighted by molar-refractivity contribution is 5.38. The molecule has 2 nitrogen and oxygen atoms in total. The first-order chi connectivity index (χ1) is 9.50. The molecule has 5 heteroatoms. The van der Waals surface area contributed by atoms with Gasteiger partial charge in [0.25, 0.3) is 0 Å². The molecule has 106 valence electrons. The molecule has 0 aliphatic rings. The Morgan fingerprint density at radius 2 is 1.70 bits per heavy atom. The van der Waals surface area contributed by atoms with E-state index in [9.17, 15) is 13.2 Å². The van der Waals surface area contributed by atoms with E-state index in [4.69, 9.17) is 10.5 Å². The molecule has 0 aromatic heterocycles. The molecule has 0 amide bonds. The van der Waals surface area contributed by atoms with Crippen LogP contribution in [-0.2, 0) is 19.3 Å². The summed E-state index contributed by atoms with van der Waals surface area (Å²) in [5.41, 5.74) is 6.21. The minimum Gasteiger partial charge on any atom is -0.489 e. The van der Waals surface area contributed by atoms with E-state index in [0.717, 1.165) is 17.7 Å². The highest BCUT2D eigenvalue weighted by Gasteiger charge is 2.31. The van der Waals surface area contributed by atoms with Crippen molar-refractivity contribution < 1.29 is 17.9 Å². The normalized spacial score (nSPS) is 11.4. The quantitative estimate of drug-likeness (QED) is 0.926. The van der Waals surface area contributed by atoms with Gasteiger partial charge in [0, 0.05) is 12.1 Å². The zero-order chi connectivity index (χ0) is 14.6. The fraction of sp³-hybridized carbons (Fsp3) is 0.200. The number of benzene rings is 2. The molecule has 2 aromatic carbocycles. The lowest BCUT2D eigenvalue weighted by Gasteiger charge is -2.14. The molecule has 20 heavy (non-hydrogen) atoms. The predicted molar refractivity (Wildman–Crippen MR) is 70.1 cm³/mol. The summed E-state index contributed by atoms with van der Waals surface area (Å²) < 4.78 is 43.5. The number of ether oxygens (including phenoxy) is 1. The minimum absolute atomic E-state index is 0.127. The maximum absolute atomic E-state index is 12.7. The third-order valence-electron chi connectivity index (χ3n) is 2.85. The average Bonchev–Trinajstić information content (AvgIpc) is 2.45. The van der Waals surface area contributed by atoms with E-state index < -0.39 is 11.7 Å². The van der Waals surface area contributed by atoms with Crippen molar-refractivity contribution in [1.82, 2.24) is 0 Å². The van der Waals surface area contributed by atoms with E-state index in [-0.39, 0.29) is 18.9 Å². The Morgan fingerprint density at radius 1 is 1.00 bits per heavy atom. The Balaban J connectivity index is 2.21.